The van der Waals surface area contributed by atoms with E-state index in [1.165, 1.54) is 12.8 Å². The Morgan fingerprint density at radius 3 is 2.73 bits per heavy atom. The van der Waals surface area contributed by atoms with Gasteiger partial charge in [-0.15, -0.1) is 0 Å². The van der Waals surface area contributed by atoms with Crippen LogP contribution in [0.2, 0.25) is 0 Å². The molecule has 5 heteroatoms. The molecule has 2 heterocycles. The van der Waals surface area contributed by atoms with Crippen LogP contribution in [0.15, 0.2) is 6.07 Å². The number of nitrogens with zero attached hydrogens (tertiary/aromatic N) is 3. The van der Waals surface area contributed by atoms with E-state index in [9.17, 15) is 4.79 Å². The van der Waals surface area contributed by atoms with E-state index >= 15 is 0 Å². The van der Waals surface area contributed by atoms with Gasteiger partial charge in [-0.2, -0.15) is 0 Å². The number of aromatic nitrogens is 2. The molecule has 2 fully saturated rings. The van der Waals surface area contributed by atoms with E-state index in [4.69, 9.17) is 0 Å². The summed E-state index contributed by atoms with van der Waals surface area (Å²) in [5.41, 5.74) is 0.979. The molecule has 26 heavy (non-hydrogen) atoms. The predicted molar refractivity (Wildman–Crippen MR) is 105 cm³/mol. The van der Waals surface area contributed by atoms with Crippen molar-refractivity contribution < 1.29 is 4.79 Å². The topological polar surface area (TPSA) is 58.1 Å². The molecule has 0 aromatic carbocycles. The number of carbonyl (C=O) groups is 1. The molecule has 1 N–H and O–H groups in total. The van der Waals surface area contributed by atoms with Gasteiger partial charge in [0.05, 0.1) is 0 Å². The number of aryl methyl sites for hydroxylation is 2. The molecule has 1 saturated carbocycles. The van der Waals surface area contributed by atoms with Crippen molar-refractivity contribution in [2.45, 2.75) is 72.3 Å². The molecule has 1 saturated heterocycles. The van der Waals surface area contributed by atoms with E-state index in [1.807, 2.05) is 13.8 Å². The van der Waals surface area contributed by atoms with Gasteiger partial charge < -0.3 is 10.2 Å². The highest BCUT2D eigenvalue weighted by molar-refractivity contribution is 5.79. The van der Waals surface area contributed by atoms with Crippen molar-refractivity contribution in [3.63, 3.8) is 0 Å². The second-order valence-electron chi connectivity index (χ2n) is 8.66. The van der Waals surface area contributed by atoms with Crippen LogP contribution in [0.25, 0.3) is 0 Å². The smallest absolute Gasteiger partial charge is 0.223 e. The number of anilines is 1. The number of hydrogen-bond donors (Lipinski definition) is 1. The van der Waals surface area contributed by atoms with E-state index < -0.39 is 0 Å². The minimum Gasteiger partial charge on any atom is -0.355 e. The van der Waals surface area contributed by atoms with Crippen LogP contribution in [-0.2, 0) is 4.79 Å². The summed E-state index contributed by atoms with van der Waals surface area (Å²) in [5.74, 6) is 3.35. The van der Waals surface area contributed by atoms with Gasteiger partial charge in [-0.1, -0.05) is 19.8 Å². The van der Waals surface area contributed by atoms with Gasteiger partial charge in [0, 0.05) is 42.2 Å². The van der Waals surface area contributed by atoms with Crippen molar-refractivity contribution in [3.8, 4) is 0 Å². The molecule has 1 amide bonds. The van der Waals surface area contributed by atoms with Gasteiger partial charge in [-0.05, 0) is 52.9 Å². The summed E-state index contributed by atoms with van der Waals surface area (Å²) in [6.45, 7) is 12.5. The Balaban J connectivity index is 1.64. The lowest BCUT2D eigenvalue weighted by Gasteiger charge is -2.37. The van der Waals surface area contributed by atoms with Gasteiger partial charge in [0.2, 0.25) is 5.91 Å². The fourth-order valence-corrected chi connectivity index (χ4v) is 4.97. The summed E-state index contributed by atoms with van der Waals surface area (Å²) in [6, 6.07) is 2.07. The van der Waals surface area contributed by atoms with E-state index in [-0.39, 0.29) is 17.4 Å². The van der Waals surface area contributed by atoms with Crippen molar-refractivity contribution in [1.82, 2.24) is 15.3 Å². The molecule has 0 spiro atoms. The number of amides is 1. The first kappa shape index (κ1) is 19.1. The fraction of sp³-hybridized carbons (Fsp3) is 0.762. The molecule has 1 aromatic heterocycles. The molecule has 3 unspecified atom stereocenters. The highest BCUT2D eigenvalue weighted by atomic mass is 16.1. The quantitative estimate of drug-likeness (QED) is 0.873. The van der Waals surface area contributed by atoms with Crippen molar-refractivity contribution in [2.75, 3.05) is 18.0 Å². The first-order valence-electron chi connectivity index (χ1n) is 10.2. The first-order valence-corrected chi connectivity index (χ1v) is 10.2. The van der Waals surface area contributed by atoms with Crippen LogP contribution in [-0.4, -0.2) is 34.5 Å². The third kappa shape index (κ3) is 3.72. The van der Waals surface area contributed by atoms with Crippen LogP contribution < -0.4 is 10.2 Å². The SMILES string of the molecule is CCC1CCCC1C(=O)NCC1CCN(c2cc(C)nc(C)n2)C1(C)C. The zero-order valence-electron chi connectivity index (χ0n) is 17.0. The van der Waals surface area contributed by atoms with Crippen molar-refractivity contribution in [2.24, 2.45) is 17.8 Å². The monoisotopic (exact) mass is 358 g/mol. The molecule has 3 atom stereocenters. The standard InChI is InChI=1S/C21H34N4O/c1-6-16-8-7-9-18(16)20(26)22-13-17-10-11-25(21(17,4)5)19-12-14(2)23-15(3)24-19/h12,16-18H,6-11,13H2,1-5H3,(H,22,26). The molecule has 1 aromatic rings. The summed E-state index contributed by atoms with van der Waals surface area (Å²) in [6.07, 6.45) is 5.67. The maximum Gasteiger partial charge on any atom is 0.223 e. The molecule has 2 aliphatic rings. The molecule has 1 aliphatic heterocycles. The maximum atomic E-state index is 12.7. The summed E-state index contributed by atoms with van der Waals surface area (Å²) in [5, 5.41) is 3.28. The van der Waals surface area contributed by atoms with Crippen LogP contribution in [0.1, 0.15) is 64.4 Å². The Hall–Kier alpha value is -1.65. The van der Waals surface area contributed by atoms with Gasteiger partial charge in [-0.25, -0.2) is 9.97 Å². The van der Waals surface area contributed by atoms with E-state index in [2.05, 4.69) is 47.0 Å². The molecule has 5 nitrogen and oxygen atoms in total. The van der Waals surface area contributed by atoms with E-state index in [0.717, 1.165) is 49.7 Å². The molecule has 3 rings (SSSR count). The third-order valence-corrected chi connectivity index (χ3v) is 6.67. The largest absolute Gasteiger partial charge is 0.355 e. The van der Waals surface area contributed by atoms with Crippen LogP contribution in [0, 0.1) is 31.6 Å². The summed E-state index contributed by atoms with van der Waals surface area (Å²) in [4.78, 5) is 24.1. The van der Waals surface area contributed by atoms with E-state index in [1.54, 1.807) is 0 Å². The predicted octanol–water partition coefficient (Wildman–Crippen LogP) is 3.64. The maximum absolute atomic E-state index is 12.7. The Kier molecular flexibility index (Phi) is 5.54. The van der Waals surface area contributed by atoms with E-state index in [0.29, 0.717) is 11.8 Å². The van der Waals surface area contributed by atoms with Crippen molar-refractivity contribution in [1.29, 1.82) is 0 Å². The average Bonchev–Trinajstić information content (AvgIpc) is 3.15. The van der Waals surface area contributed by atoms with Crippen molar-refractivity contribution in [3.05, 3.63) is 17.6 Å². The van der Waals surface area contributed by atoms with Gasteiger partial charge in [0.1, 0.15) is 11.6 Å². The first-order chi connectivity index (χ1) is 12.3. The average molecular weight is 359 g/mol. The number of nitrogens with one attached hydrogen (secondary N) is 1. The Morgan fingerprint density at radius 1 is 1.27 bits per heavy atom. The summed E-state index contributed by atoms with van der Waals surface area (Å²) >= 11 is 0. The minimum atomic E-state index is -0.0274. The summed E-state index contributed by atoms with van der Waals surface area (Å²) in [7, 11) is 0. The molecule has 0 bridgehead atoms. The highest BCUT2D eigenvalue weighted by Crippen LogP contribution is 2.38. The normalized spacial score (nSPS) is 27.7. The van der Waals surface area contributed by atoms with Crippen LogP contribution in [0.4, 0.5) is 5.82 Å². The van der Waals surface area contributed by atoms with Crippen LogP contribution in [0.3, 0.4) is 0 Å². The molecule has 144 valence electrons. The third-order valence-electron chi connectivity index (χ3n) is 6.67. The Labute approximate surface area is 158 Å². The zero-order chi connectivity index (χ0) is 18.9. The number of rotatable bonds is 5. The highest BCUT2D eigenvalue weighted by Gasteiger charge is 2.42. The van der Waals surface area contributed by atoms with Crippen LogP contribution >= 0.6 is 0 Å². The lowest BCUT2D eigenvalue weighted by Crippen LogP contribution is -2.47. The van der Waals surface area contributed by atoms with Gasteiger partial charge in [0.25, 0.3) is 0 Å². The molecule has 0 radical (unpaired) electrons. The van der Waals surface area contributed by atoms with Gasteiger partial charge in [-0.3, -0.25) is 4.79 Å². The number of hydrogen-bond acceptors (Lipinski definition) is 4. The molecular formula is C21H34N4O. The lowest BCUT2D eigenvalue weighted by molar-refractivity contribution is -0.126. The van der Waals surface area contributed by atoms with Crippen LogP contribution in [0.5, 0.6) is 0 Å². The zero-order valence-corrected chi connectivity index (χ0v) is 17.0. The molecular weight excluding hydrogens is 324 g/mol. The van der Waals surface area contributed by atoms with Gasteiger partial charge in [0.15, 0.2) is 0 Å². The van der Waals surface area contributed by atoms with Crippen molar-refractivity contribution >= 4 is 11.7 Å². The Morgan fingerprint density at radius 2 is 2.04 bits per heavy atom. The van der Waals surface area contributed by atoms with Gasteiger partial charge >= 0.3 is 0 Å². The Bertz CT molecular complexity index is 637. The lowest BCUT2D eigenvalue weighted by atomic mass is 9.87. The summed E-state index contributed by atoms with van der Waals surface area (Å²) < 4.78 is 0. The number of carbonyl (C=O) groups excluding carboxylic acids is 1. The second-order valence-corrected chi connectivity index (χ2v) is 8.66. The second kappa shape index (κ2) is 7.53. The fourth-order valence-electron chi connectivity index (χ4n) is 4.97. The minimum absolute atomic E-state index is 0.0274. The molecule has 1 aliphatic carbocycles.